The summed E-state index contributed by atoms with van der Waals surface area (Å²) >= 11 is 0. The number of pyridine rings is 2. The number of aromatic nitrogens is 13. The van der Waals surface area contributed by atoms with Crippen LogP contribution in [-0.2, 0) is 40.5 Å². The smallest absolute Gasteiger partial charge is 0.239 e. The van der Waals surface area contributed by atoms with Gasteiger partial charge >= 0.3 is 0 Å². The Morgan fingerprint density at radius 1 is 0.570 bits per heavy atom. The maximum atomic E-state index is 13.9. The average Bonchev–Trinajstić information content (AvgIpc) is 1.58. The zero-order valence-electron chi connectivity index (χ0n) is 58.9. The minimum Gasteiger partial charge on any atom is -0.475 e. The van der Waals surface area contributed by atoms with Crippen molar-refractivity contribution in [1.29, 1.82) is 0 Å². The molecule has 0 atom stereocenters. The van der Waals surface area contributed by atoms with Gasteiger partial charge in [0.1, 0.15) is 36.4 Å². The highest BCUT2D eigenvalue weighted by atomic mass is 19.1. The summed E-state index contributed by atoms with van der Waals surface area (Å²) in [5.74, 6) is 0.647. The minimum atomic E-state index is -0.458. The fourth-order valence-electron chi connectivity index (χ4n) is 15.9. The number of hydrogen-bond donors (Lipinski definition) is 4. The summed E-state index contributed by atoms with van der Waals surface area (Å²) in [4.78, 5) is 34.8. The van der Waals surface area contributed by atoms with Gasteiger partial charge in [-0.25, -0.2) is 23.1 Å². The molecule has 107 heavy (non-hydrogen) atoms. The SMILES string of the molecule is CCC1(c2c(-c3cnn(CC(N)=O)c3)c3cc4[nH]ncc4cc3n2-c2ccc(F)cc2)COC1.COCCOc1ccc(-c2c(C3CCOCC3)n(-c3ccc(F)cc3)c3cc4cn[nH]c4cc23)cn1.O=C1CCCN1c1ccc(-c2c(C3CCOCC3)n(-c3ccc(F)cc3)c3cc4cn[nH]c4cc23)cn1. The van der Waals surface area contributed by atoms with Crippen LogP contribution < -0.4 is 15.4 Å². The molecule has 4 aliphatic rings. The molecular formula is C82H76F3N15O7. The van der Waals surface area contributed by atoms with Crippen LogP contribution >= 0.6 is 0 Å². The molecule has 4 saturated heterocycles. The molecule has 15 aromatic rings. The molecule has 4 aliphatic heterocycles. The lowest BCUT2D eigenvalue weighted by atomic mass is 9.77. The molecule has 25 heteroatoms. The number of amides is 2. The van der Waals surface area contributed by atoms with Gasteiger partial charge < -0.3 is 43.1 Å². The van der Waals surface area contributed by atoms with E-state index in [-0.39, 0.29) is 47.2 Å². The van der Waals surface area contributed by atoms with E-state index in [1.54, 1.807) is 41.2 Å². The van der Waals surface area contributed by atoms with E-state index in [0.717, 1.165) is 160 Å². The predicted molar refractivity (Wildman–Crippen MR) is 403 cm³/mol. The molecule has 0 bridgehead atoms. The zero-order chi connectivity index (χ0) is 72.9. The van der Waals surface area contributed by atoms with Crippen molar-refractivity contribution in [3.05, 3.63) is 211 Å². The molecule has 0 spiro atoms. The summed E-state index contributed by atoms with van der Waals surface area (Å²) in [5.41, 5.74) is 23.3. The van der Waals surface area contributed by atoms with Gasteiger partial charge in [-0.15, -0.1) is 0 Å². The Hall–Kier alpha value is -11.8. The van der Waals surface area contributed by atoms with Crippen LogP contribution in [0.2, 0.25) is 0 Å². The molecule has 22 nitrogen and oxygen atoms in total. The van der Waals surface area contributed by atoms with Gasteiger partial charge in [0.25, 0.3) is 0 Å². The standard InChI is InChI=1S/C29H26FN5O2.C28H27FN4O3.C25H23FN6O2/c30-21-4-6-22(7-5-21)35-25-14-20-17-32-33-24(20)15-23(25)28(29(35)18-9-12-37-13-10-18)19-3-8-26(31-16-19)34-11-1-2-27(34)36;1-34-12-13-36-26-7-2-19(16-30-26)27-23-15-24-20(17-31-32-24)14-25(23)33(22-5-3-21(29)4-6-22)28(27)18-8-10-35-11-9-18;1-2-25(13-34-14-25)24-23(16-10-29-31(11-16)12-22(27)33)19-8-20-15(9-28-30-20)7-21(19)32(24)18-5-3-17(26)4-6-18/h3-8,14-18H,1-2,9-13H2,(H,32,33);2-7,14-18H,8-13H2,1H3,(H,31,32);3-11H,2,12-14H2,1H3,(H2,27,33)(H,28,30). The first kappa shape index (κ1) is 68.3. The van der Waals surface area contributed by atoms with Gasteiger partial charge in [0.15, 0.2) is 0 Å². The summed E-state index contributed by atoms with van der Waals surface area (Å²) in [7, 11) is 1.64. The van der Waals surface area contributed by atoms with Crippen molar-refractivity contribution in [2.24, 2.45) is 5.73 Å². The minimum absolute atomic E-state index is 0.00123. The Kier molecular flexibility index (Phi) is 18.5. The molecule has 0 aliphatic carbocycles. The van der Waals surface area contributed by atoms with Crippen molar-refractivity contribution in [2.45, 2.75) is 75.7 Å². The van der Waals surface area contributed by atoms with E-state index < -0.39 is 5.91 Å². The number of rotatable bonds is 17. The molecule has 0 saturated carbocycles. The Bertz CT molecular complexity index is 5760. The van der Waals surface area contributed by atoms with Crippen LogP contribution in [0.4, 0.5) is 19.0 Å². The molecule has 0 unspecified atom stereocenters. The number of hydrogen-bond acceptors (Lipinski definition) is 13. The highest BCUT2D eigenvalue weighted by Gasteiger charge is 2.45. The molecule has 0 radical (unpaired) electrons. The first-order valence-corrected chi connectivity index (χ1v) is 36.1. The number of carbonyl (C=O) groups excluding carboxylic acids is 2. The molecule has 542 valence electrons. The summed E-state index contributed by atoms with van der Waals surface area (Å²) in [6.45, 7) is 7.81. The zero-order valence-corrected chi connectivity index (χ0v) is 58.9. The summed E-state index contributed by atoms with van der Waals surface area (Å²) < 4.78 is 77.9. The molecule has 5 N–H and O–H groups in total. The molecule has 19 rings (SSSR count). The number of nitrogens with two attached hydrogens (primary N) is 1. The highest BCUT2D eigenvalue weighted by molar-refractivity contribution is 6.09. The van der Waals surface area contributed by atoms with E-state index in [1.165, 1.54) is 47.8 Å². The van der Waals surface area contributed by atoms with Crippen molar-refractivity contribution < 1.29 is 46.4 Å². The Balaban J connectivity index is 0.000000118. The highest BCUT2D eigenvalue weighted by Crippen LogP contribution is 2.50. The molecule has 9 aromatic heterocycles. The third-order valence-electron chi connectivity index (χ3n) is 21.2. The monoisotopic (exact) mass is 1440 g/mol. The largest absolute Gasteiger partial charge is 0.475 e. The van der Waals surface area contributed by atoms with E-state index in [0.29, 0.717) is 77.5 Å². The lowest BCUT2D eigenvalue weighted by Gasteiger charge is -2.42. The fraction of sp³-hybridized carbons (Fsp3) is 0.268. The third kappa shape index (κ3) is 12.9. The van der Waals surface area contributed by atoms with E-state index in [1.807, 2.05) is 67.4 Å². The Morgan fingerprint density at radius 3 is 1.49 bits per heavy atom. The van der Waals surface area contributed by atoms with E-state index in [4.69, 9.17) is 34.4 Å². The first-order valence-electron chi connectivity index (χ1n) is 36.1. The van der Waals surface area contributed by atoms with Crippen molar-refractivity contribution in [3.63, 3.8) is 0 Å². The number of halogens is 3. The van der Waals surface area contributed by atoms with E-state index >= 15 is 0 Å². The summed E-state index contributed by atoms with van der Waals surface area (Å²) in [5, 5.41) is 32.5. The van der Waals surface area contributed by atoms with Gasteiger partial charge in [-0.2, -0.15) is 20.4 Å². The van der Waals surface area contributed by atoms with Crippen molar-refractivity contribution in [1.82, 2.24) is 64.0 Å². The van der Waals surface area contributed by atoms with Gasteiger partial charge in [-0.05, 0) is 166 Å². The van der Waals surface area contributed by atoms with Crippen LogP contribution in [0.3, 0.4) is 0 Å². The van der Waals surface area contributed by atoms with Crippen LogP contribution in [0.15, 0.2) is 177 Å². The number of aromatic amines is 3. The van der Waals surface area contributed by atoms with Gasteiger partial charge in [-0.3, -0.25) is 34.5 Å². The number of anilines is 1. The van der Waals surface area contributed by atoms with Gasteiger partial charge in [0.05, 0.1) is 83.1 Å². The van der Waals surface area contributed by atoms with Gasteiger partial charge in [0, 0.05) is 183 Å². The normalized spacial score (nSPS) is 15.6. The van der Waals surface area contributed by atoms with Crippen LogP contribution in [0.1, 0.15) is 80.8 Å². The topological polar surface area (TPSA) is 254 Å². The second-order valence-electron chi connectivity index (χ2n) is 27.7. The number of primary amides is 1. The number of fused-ring (bicyclic) bond motifs is 6. The van der Waals surface area contributed by atoms with Crippen molar-refractivity contribution in [3.8, 4) is 56.3 Å². The molecule has 13 heterocycles. The second kappa shape index (κ2) is 28.9. The fourth-order valence-corrected chi connectivity index (χ4v) is 15.9. The number of ether oxygens (including phenoxy) is 5. The quantitative estimate of drug-likeness (QED) is 0.0620. The Labute approximate surface area is 611 Å². The number of nitrogens with one attached hydrogen (secondary N) is 3. The first-order chi connectivity index (χ1) is 52.4. The number of methoxy groups -OCH3 is 1. The molecule has 2 amide bonds. The average molecular weight is 1440 g/mol. The van der Waals surface area contributed by atoms with Crippen LogP contribution in [0.25, 0.3) is 116 Å². The van der Waals surface area contributed by atoms with E-state index in [9.17, 15) is 22.8 Å². The number of carbonyl (C=O) groups is 2. The van der Waals surface area contributed by atoms with Crippen LogP contribution in [0, 0.1) is 17.5 Å². The van der Waals surface area contributed by atoms with E-state index in [2.05, 4.69) is 110 Å². The lowest BCUT2D eigenvalue weighted by Crippen LogP contribution is -2.47. The summed E-state index contributed by atoms with van der Waals surface area (Å²) in [6, 6.07) is 40.7. The van der Waals surface area contributed by atoms with Gasteiger partial charge in [-0.1, -0.05) is 6.92 Å². The lowest BCUT2D eigenvalue weighted by molar-refractivity contribution is -0.119. The van der Waals surface area contributed by atoms with Crippen LogP contribution in [-0.4, -0.2) is 142 Å². The molecular weight excluding hydrogens is 1360 g/mol. The second-order valence-corrected chi connectivity index (χ2v) is 27.7. The van der Waals surface area contributed by atoms with Crippen molar-refractivity contribution in [2.75, 3.05) is 71.4 Å². The maximum Gasteiger partial charge on any atom is 0.239 e. The Morgan fingerprint density at radius 2 is 1.06 bits per heavy atom. The van der Waals surface area contributed by atoms with Crippen LogP contribution in [0.5, 0.6) is 5.88 Å². The third-order valence-corrected chi connectivity index (χ3v) is 21.2. The number of benzene rings is 6. The molecule has 4 fully saturated rings. The number of H-pyrrole nitrogens is 3. The maximum absolute atomic E-state index is 13.9. The molecule has 6 aromatic carbocycles. The van der Waals surface area contributed by atoms with Crippen molar-refractivity contribution >= 4 is 83.0 Å². The van der Waals surface area contributed by atoms with Gasteiger partial charge in [0.2, 0.25) is 17.7 Å². The summed E-state index contributed by atoms with van der Waals surface area (Å²) in [6.07, 6.45) is 18.7. The predicted octanol–water partition coefficient (Wildman–Crippen LogP) is 15.0. The number of nitrogens with zero attached hydrogens (tertiary/aromatic N) is 11.